The maximum Gasteiger partial charge on any atom is 0.263 e. The number of anilines is 1. The van der Waals surface area contributed by atoms with Gasteiger partial charge in [0.15, 0.2) is 0 Å². The molecule has 2 atom stereocenters. The summed E-state index contributed by atoms with van der Waals surface area (Å²) in [5.74, 6) is 0.428. The van der Waals surface area contributed by atoms with E-state index in [1.165, 1.54) is 15.8 Å². The second kappa shape index (κ2) is 6.93. The van der Waals surface area contributed by atoms with Gasteiger partial charge in [-0.1, -0.05) is 25.1 Å². The predicted molar refractivity (Wildman–Crippen MR) is 110 cm³/mol. The fourth-order valence-electron chi connectivity index (χ4n) is 3.70. The average Bonchev–Trinajstić information content (AvgIpc) is 3.01. The summed E-state index contributed by atoms with van der Waals surface area (Å²) in [5.41, 5.74) is 2.78. The fraction of sp³-hybridized carbons (Fsp3) is 0.381. The summed E-state index contributed by atoms with van der Waals surface area (Å²) >= 11 is 1.63. The van der Waals surface area contributed by atoms with Crippen molar-refractivity contribution < 1.29 is 4.79 Å². The van der Waals surface area contributed by atoms with Gasteiger partial charge in [0.05, 0.1) is 11.7 Å². The Morgan fingerprint density at radius 2 is 2.15 bits per heavy atom. The number of benzene rings is 1. The average molecular weight is 382 g/mol. The summed E-state index contributed by atoms with van der Waals surface area (Å²) in [6.07, 6.45) is 4.54. The van der Waals surface area contributed by atoms with E-state index in [-0.39, 0.29) is 11.5 Å². The number of hydrogen-bond donors (Lipinski definition) is 1. The van der Waals surface area contributed by atoms with Crippen molar-refractivity contribution >= 4 is 33.1 Å². The molecule has 0 spiro atoms. The number of thiophene rings is 1. The molecular formula is C21H23N3O2S. The molecule has 1 aromatic carbocycles. The van der Waals surface area contributed by atoms with Crippen LogP contribution in [0, 0.1) is 12.8 Å². The van der Waals surface area contributed by atoms with Crippen LogP contribution in [0.3, 0.4) is 0 Å². The van der Waals surface area contributed by atoms with Crippen molar-refractivity contribution in [2.24, 2.45) is 5.92 Å². The normalized spacial score (nSPS) is 17.5. The Balaban J connectivity index is 1.69. The molecule has 1 amide bonds. The first-order valence-corrected chi connectivity index (χ1v) is 10.1. The lowest BCUT2D eigenvalue weighted by Gasteiger charge is -2.18. The highest BCUT2D eigenvalue weighted by molar-refractivity contribution is 7.18. The highest BCUT2D eigenvalue weighted by Gasteiger charge is 2.25. The van der Waals surface area contributed by atoms with Gasteiger partial charge in [0.25, 0.3) is 5.56 Å². The summed E-state index contributed by atoms with van der Waals surface area (Å²) in [6.45, 7) is 5.93. The number of aryl methyl sites for hydroxylation is 2. The van der Waals surface area contributed by atoms with Gasteiger partial charge in [0, 0.05) is 10.6 Å². The molecule has 0 saturated heterocycles. The number of hydrogen-bond acceptors (Lipinski definition) is 4. The summed E-state index contributed by atoms with van der Waals surface area (Å²) in [7, 11) is 0. The Kier molecular flexibility index (Phi) is 4.60. The minimum Gasteiger partial charge on any atom is -0.324 e. The van der Waals surface area contributed by atoms with Gasteiger partial charge in [-0.25, -0.2) is 4.98 Å². The van der Waals surface area contributed by atoms with Crippen molar-refractivity contribution in [2.45, 2.75) is 46.1 Å². The molecule has 1 aliphatic carbocycles. The molecule has 6 heteroatoms. The number of fused-ring (bicyclic) bond motifs is 3. The molecule has 2 aromatic heterocycles. The van der Waals surface area contributed by atoms with Crippen molar-refractivity contribution in [3.05, 3.63) is 57.0 Å². The predicted octanol–water partition coefficient (Wildman–Crippen LogP) is 4.09. The molecular weight excluding hydrogens is 358 g/mol. The van der Waals surface area contributed by atoms with Crippen LogP contribution in [0.2, 0.25) is 0 Å². The fourth-order valence-corrected chi connectivity index (χ4v) is 5.04. The number of carbonyl (C=O) groups excluding carboxylic acids is 1. The maximum atomic E-state index is 13.2. The second-order valence-electron chi connectivity index (χ2n) is 7.47. The van der Waals surface area contributed by atoms with Gasteiger partial charge in [-0.05, 0) is 56.2 Å². The zero-order chi connectivity index (χ0) is 19.1. The number of amides is 1. The number of para-hydroxylation sites is 1. The largest absolute Gasteiger partial charge is 0.324 e. The maximum absolute atomic E-state index is 13.2. The van der Waals surface area contributed by atoms with Crippen LogP contribution in [0.25, 0.3) is 10.2 Å². The van der Waals surface area contributed by atoms with Crippen molar-refractivity contribution in [1.82, 2.24) is 9.55 Å². The summed E-state index contributed by atoms with van der Waals surface area (Å²) in [6, 6.07) is 6.98. The Hall–Kier alpha value is -2.47. The van der Waals surface area contributed by atoms with E-state index >= 15 is 0 Å². The third-order valence-electron chi connectivity index (χ3n) is 5.44. The SMILES string of the molecule is Cc1ccccc1NC(=O)[C@@H](C)n1cnc2sc3c(c2c1=O)CC[C@H](C)C3. The molecule has 3 aromatic rings. The van der Waals surface area contributed by atoms with Crippen molar-refractivity contribution in [2.75, 3.05) is 5.32 Å². The number of rotatable bonds is 3. The van der Waals surface area contributed by atoms with Crippen LogP contribution >= 0.6 is 11.3 Å². The Labute approximate surface area is 162 Å². The van der Waals surface area contributed by atoms with Crippen LogP contribution in [-0.4, -0.2) is 15.5 Å². The molecule has 1 aliphatic rings. The standard InChI is InChI=1S/C21H23N3O2S/c1-12-8-9-15-17(10-12)27-20-18(15)21(26)24(11-22-20)14(3)19(25)23-16-7-5-4-6-13(16)2/h4-7,11-12,14H,8-10H2,1-3H3,(H,23,25)/t12-,14+/m0/s1. The molecule has 0 aliphatic heterocycles. The monoisotopic (exact) mass is 381 g/mol. The highest BCUT2D eigenvalue weighted by Crippen LogP contribution is 2.35. The van der Waals surface area contributed by atoms with E-state index in [0.29, 0.717) is 11.3 Å². The smallest absolute Gasteiger partial charge is 0.263 e. The molecule has 0 fully saturated rings. The molecule has 27 heavy (non-hydrogen) atoms. The molecule has 140 valence electrons. The van der Waals surface area contributed by atoms with Gasteiger partial charge in [0.1, 0.15) is 10.9 Å². The van der Waals surface area contributed by atoms with Gasteiger partial charge < -0.3 is 5.32 Å². The van der Waals surface area contributed by atoms with Crippen LogP contribution in [-0.2, 0) is 17.6 Å². The van der Waals surface area contributed by atoms with Gasteiger partial charge in [-0.2, -0.15) is 0 Å². The minimum atomic E-state index is -0.632. The molecule has 4 rings (SSSR count). The molecule has 0 unspecified atom stereocenters. The lowest BCUT2D eigenvalue weighted by atomic mass is 9.89. The van der Waals surface area contributed by atoms with Crippen LogP contribution in [0.5, 0.6) is 0 Å². The first kappa shape index (κ1) is 17.9. The number of nitrogens with one attached hydrogen (secondary N) is 1. The Morgan fingerprint density at radius 1 is 1.37 bits per heavy atom. The van der Waals surface area contributed by atoms with Crippen LogP contribution < -0.4 is 10.9 Å². The van der Waals surface area contributed by atoms with E-state index in [1.54, 1.807) is 18.3 Å². The zero-order valence-corrected chi connectivity index (χ0v) is 16.6. The third-order valence-corrected chi connectivity index (χ3v) is 6.60. The van der Waals surface area contributed by atoms with E-state index in [2.05, 4.69) is 17.2 Å². The van der Waals surface area contributed by atoms with Crippen LogP contribution in [0.15, 0.2) is 35.4 Å². The molecule has 0 saturated carbocycles. The first-order valence-electron chi connectivity index (χ1n) is 9.33. The van der Waals surface area contributed by atoms with Gasteiger partial charge >= 0.3 is 0 Å². The summed E-state index contributed by atoms with van der Waals surface area (Å²) in [4.78, 5) is 32.5. The minimum absolute atomic E-state index is 0.112. The first-order chi connectivity index (χ1) is 13.0. The lowest BCUT2D eigenvalue weighted by molar-refractivity contribution is -0.118. The van der Waals surface area contributed by atoms with Crippen molar-refractivity contribution in [1.29, 1.82) is 0 Å². The molecule has 0 bridgehead atoms. The van der Waals surface area contributed by atoms with Crippen LogP contribution in [0.1, 0.15) is 42.3 Å². The van der Waals surface area contributed by atoms with Gasteiger partial charge in [0.2, 0.25) is 5.91 Å². The van der Waals surface area contributed by atoms with Crippen molar-refractivity contribution in [3.63, 3.8) is 0 Å². The zero-order valence-electron chi connectivity index (χ0n) is 15.8. The topological polar surface area (TPSA) is 64.0 Å². The number of nitrogens with zero attached hydrogens (tertiary/aromatic N) is 2. The van der Waals surface area contributed by atoms with Crippen molar-refractivity contribution in [3.8, 4) is 0 Å². The Bertz CT molecular complexity index is 1080. The summed E-state index contributed by atoms with van der Waals surface area (Å²) < 4.78 is 1.46. The van der Waals surface area contributed by atoms with E-state index in [0.717, 1.165) is 40.9 Å². The molecule has 5 nitrogen and oxygen atoms in total. The van der Waals surface area contributed by atoms with Gasteiger partial charge in [-0.3, -0.25) is 14.2 Å². The van der Waals surface area contributed by atoms with Gasteiger partial charge in [-0.15, -0.1) is 11.3 Å². The quantitative estimate of drug-likeness (QED) is 0.743. The van der Waals surface area contributed by atoms with Crippen LogP contribution in [0.4, 0.5) is 5.69 Å². The second-order valence-corrected chi connectivity index (χ2v) is 8.55. The molecule has 0 radical (unpaired) electrons. The highest BCUT2D eigenvalue weighted by atomic mass is 32.1. The third kappa shape index (κ3) is 3.18. The number of carbonyl (C=O) groups is 1. The number of aromatic nitrogens is 2. The summed E-state index contributed by atoms with van der Waals surface area (Å²) in [5, 5.41) is 3.63. The lowest BCUT2D eigenvalue weighted by Crippen LogP contribution is -2.32. The van der Waals surface area contributed by atoms with E-state index in [9.17, 15) is 9.59 Å². The molecule has 2 heterocycles. The van der Waals surface area contributed by atoms with E-state index in [1.807, 2.05) is 31.2 Å². The van der Waals surface area contributed by atoms with E-state index in [4.69, 9.17) is 0 Å². The van der Waals surface area contributed by atoms with E-state index < -0.39 is 6.04 Å². The molecule has 1 N–H and O–H groups in total. The Morgan fingerprint density at radius 3 is 2.93 bits per heavy atom.